The topological polar surface area (TPSA) is 142 Å². The van der Waals surface area contributed by atoms with Crippen LogP contribution in [-0.4, -0.2) is 34.1 Å². The maximum absolute atomic E-state index is 12.6. The molecule has 0 aromatic heterocycles. The van der Waals surface area contributed by atoms with Crippen LogP contribution in [0, 0.1) is 20.2 Å². The van der Waals surface area contributed by atoms with Gasteiger partial charge in [0.05, 0.1) is 28.1 Å². The highest BCUT2D eigenvalue weighted by molar-refractivity contribution is 5.83. The number of ether oxygens (including phenoxy) is 2. The molecule has 0 radical (unpaired) electrons. The van der Waals surface area contributed by atoms with Gasteiger partial charge in [-0.2, -0.15) is 0 Å². The number of carbonyl (C=O) groups is 1. The van der Waals surface area contributed by atoms with Crippen LogP contribution in [0.4, 0.5) is 11.4 Å². The van der Waals surface area contributed by atoms with Gasteiger partial charge < -0.3 is 14.6 Å². The molecule has 27 heavy (non-hydrogen) atoms. The van der Waals surface area contributed by atoms with Crippen molar-refractivity contribution in [2.45, 2.75) is 11.7 Å². The molecule has 2 atom stereocenters. The van der Waals surface area contributed by atoms with Gasteiger partial charge in [0, 0.05) is 6.07 Å². The molecular formula is C17H14N2O8. The van der Waals surface area contributed by atoms with E-state index in [1.54, 1.807) is 18.2 Å². The van der Waals surface area contributed by atoms with Gasteiger partial charge in [-0.05, 0) is 11.6 Å². The number of cyclic esters (lactones) is 1. The minimum absolute atomic E-state index is 0.0253. The molecule has 10 nitrogen and oxygen atoms in total. The van der Waals surface area contributed by atoms with Crippen LogP contribution in [0.3, 0.4) is 0 Å². The van der Waals surface area contributed by atoms with E-state index in [0.717, 1.165) is 18.2 Å². The Bertz CT molecular complexity index is 901. The van der Waals surface area contributed by atoms with Crippen molar-refractivity contribution in [1.82, 2.24) is 0 Å². The number of aliphatic hydroxyl groups excluding tert-OH is 1. The van der Waals surface area contributed by atoms with Crippen LogP contribution >= 0.6 is 0 Å². The molecule has 1 heterocycles. The first kappa shape index (κ1) is 18.4. The highest BCUT2D eigenvalue weighted by Crippen LogP contribution is 2.44. The molecule has 10 heteroatoms. The highest BCUT2D eigenvalue weighted by Gasteiger charge is 2.53. The molecule has 140 valence electrons. The molecule has 2 aromatic carbocycles. The molecular weight excluding hydrogens is 360 g/mol. The second-order valence-electron chi connectivity index (χ2n) is 5.75. The number of benzene rings is 2. The Balaban J connectivity index is 2.19. The van der Waals surface area contributed by atoms with Crippen LogP contribution in [0.15, 0.2) is 48.5 Å². The van der Waals surface area contributed by atoms with Crippen molar-refractivity contribution in [3.63, 3.8) is 0 Å². The van der Waals surface area contributed by atoms with Crippen molar-refractivity contribution in [3.8, 4) is 0 Å². The zero-order valence-electron chi connectivity index (χ0n) is 13.8. The monoisotopic (exact) mass is 374 g/mol. The molecule has 1 aliphatic rings. The van der Waals surface area contributed by atoms with E-state index < -0.39 is 38.9 Å². The third-order valence-corrected chi connectivity index (χ3v) is 4.25. The SMILES string of the molecule is O=C1OCCO[C@]1(c1ccccc1)[C@H](O)c1ccc([N+](=O)[O-])cc1[N+](=O)[O-]. The number of carbonyl (C=O) groups excluding carboxylic acids is 1. The largest absolute Gasteiger partial charge is 0.461 e. The van der Waals surface area contributed by atoms with Crippen molar-refractivity contribution in [1.29, 1.82) is 0 Å². The number of nitrogens with zero attached hydrogens (tertiary/aromatic N) is 2. The maximum atomic E-state index is 12.6. The molecule has 0 unspecified atom stereocenters. The van der Waals surface area contributed by atoms with Crippen molar-refractivity contribution < 1.29 is 29.2 Å². The Morgan fingerprint density at radius 2 is 1.74 bits per heavy atom. The lowest BCUT2D eigenvalue weighted by Gasteiger charge is -2.38. The number of hydrogen-bond donors (Lipinski definition) is 1. The molecule has 0 bridgehead atoms. The summed E-state index contributed by atoms with van der Waals surface area (Å²) in [5, 5.41) is 33.3. The van der Waals surface area contributed by atoms with Crippen molar-refractivity contribution >= 4 is 17.3 Å². The molecule has 0 spiro atoms. The van der Waals surface area contributed by atoms with Crippen LogP contribution < -0.4 is 0 Å². The smallest absolute Gasteiger partial charge is 0.346 e. The predicted octanol–water partition coefficient (Wildman–Crippen LogP) is 2.01. The number of hydrogen-bond acceptors (Lipinski definition) is 8. The van der Waals surface area contributed by atoms with Gasteiger partial charge in [0.15, 0.2) is 0 Å². The Morgan fingerprint density at radius 3 is 2.33 bits per heavy atom. The van der Waals surface area contributed by atoms with E-state index >= 15 is 0 Å². The summed E-state index contributed by atoms with van der Waals surface area (Å²) in [5.74, 6) is -0.903. The summed E-state index contributed by atoms with van der Waals surface area (Å²) in [7, 11) is 0. The summed E-state index contributed by atoms with van der Waals surface area (Å²) in [4.78, 5) is 33.3. The Morgan fingerprint density at radius 1 is 1.04 bits per heavy atom. The highest BCUT2D eigenvalue weighted by atomic mass is 16.6. The lowest BCUT2D eigenvalue weighted by Crippen LogP contribution is -2.49. The normalized spacial score (nSPS) is 20.6. The van der Waals surface area contributed by atoms with Crippen LogP contribution in [-0.2, 0) is 19.9 Å². The fourth-order valence-electron chi connectivity index (χ4n) is 2.99. The summed E-state index contributed by atoms with van der Waals surface area (Å²) < 4.78 is 10.7. The van der Waals surface area contributed by atoms with E-state index in [2.05, 4.69) is 0 Å². The second kappa shape index (κ2) is 7.09. The van der Waals surface area contributed by atoms with Crippen LogP contribution in [0.2, 0.25) is 0 Å². The van der Waals surface area contributed by atoms with Gasteiger partial charge in [-0.1, -0.05) is 30.3 Å². The molecule has 3 rings (SSSR count). The molecule has 0 saturated carbocycles. The Labute approximate surface area is 152 Å². The van der Waals surface area contributed by atoms with Gasteiger partial charge in [-0.15, -0.1) is 0 Å². The van der Waals surface area contributed by atoms with Gasteiger partial charge in [-0.3, -0.25) is 20.2 Å². The van der Waals surface area contributed by atoms with E-state index in [4.69, 9.17) is 9.47 Å². The molecule has 2 aromatic rings. The fraction of sp³-hybridized carbons (Fsp3) is 0.235. The van der Waals surface area contributed by atoms with E-state index in [9.17, 15) is 30.1 Å². The lowest BCUT2D eigenvalue weighted by atomic mass is 9.83. The van der Waals surface area contributed by atoms with Gasteiger partial charge >= 0.3 is 5.97 Å². The summed E-state index contributed by atoms with van der Waals surface area (Å²) in [5.41, 5.74) is -3.30. The molecule has 0 aliphatic carbocycles. The molecule has 1 N–H and O–H groups in total. The Hall–Kier alpha value is -3.37. The van der Waals surface area contributed by atoms with E-state index in [1.807, 2.05) is 0 Å². The zero-order chi connectivity index (χ0) is 19.6. The molecule has 0 amide bonds. The van der Waals surface area contributed by atoms with Gasteiger partial charge in [0.2, 0.25) is 5.60 Å². The van der Waals surface area contributed by atoms with Crippen LogP contribution in [0.25, 0.3) is 0 Å². The fourth-order valence-corrected chi connectivity index (χ4v) is 2.99. The van der Waals surface area contributed by atoms with Gasteiger partial charge in [0.25, 0.3) is 11.4 Å². The summed E-state index contributed by atoms with van der Waals surface area (Å²) in [6, 6.07) is 10.7. The van der Waals surface area contributed by atoms with Crippen molar-refractivity contribution in [2.24, 2.45) is 0 Å². The van der Waals surface area contributed by atoms with Gasteiger partial charge in [0.1, 0.15) is 12.7 Å². The average Bonchev–Trinajstić information content (AvgIpc) is 2.68. The number of aliphatic hydroxyl groups is 1. The van der Waals surface area contributed by atoms with E-state index in [1.165, 1.54) is 12.1 Å². The summed E-state index contributed by atoms with van der Waals surface area (Å²) in [6.45, 7) is -0.0546. The molecule has 1 saturated heterocycles. The molecule has 1 aliphatic heterocycles. The quantitative estimate of drug-likeness (QED) is 0.476. The third-order valence-electron chi connectivity index (χ3n) is 4.25. The zero-order valence-corrected chi connectivity index (χ0v) is 13.8. The first-order chi connectivity index (χ1) is 12.9. The maximum Gasteiger partial charge on any atom is 0.346 e. The lowest BCUT2D eigenvalue weighted by molar-refractivity contribution is -0.395. The van der Waals surface area contributed by atoms with Crippen LogP contribution in [0.5, 0.6) is 0 Å². The number of nitro benzene ring substituents is 2. The number of nitro groups is 2. The van der Waals surface area contributed by atoms with E-state index in [0.29, 0.717) is 0 Å². The minimum Gasteiger partial charge on any atom is -0.461 e. The van der Waals surface area contributed by atoms with Crippen LogP contribution in [0.1, 0.15) is 17.2 Å². The minimum atomic E-state index is -2.03. The van der Waals surface area contributed by atoms with Gasteiger partial charge in [-0.25, -0.2) is 4.79 Å². The Kier molecular flexibility index (Phi) is 4.84. The predicted molar refractivity (Wildman–Crippen MR) is 89.7 cm³/mol. The number of esters is 1. The third kappa shape index (κ3) is 3.11. The average molecular weight is 374 g/mol. The molecule has 1 fully saturated rings. The first-order valence-electron chi connectivity index (χ1n) is 7.85. The van der Waals surface area contributed by atoms with Crippen molar-refractivity contribution in [2.75, 3.05) is 13.2 Å². The standard InChI is InChI=1S/C17H14N2O8/c20-15(13-7-6-12(18(22)23)10-14(13)19(24)25)17(11-4-2-1-3-5-11)16(21)26-8-9-27-17/h1-7,10,15,20H,8-9H2/t15-,17-/m1/s1. The van der Waals surface area contributed by atoms with E-state index in [-0.39, 0.29) is 24.3 Å². The first-order valence-corrected chi connectivity index (χ1v) is 7.85. The summed E-state index contributed by atoms with van der Waals surface area (Å²) >= 11 is 0. The van der Waals surface area contributed by atoms with Crippen molar-refractivity contribution in [3.05, 3.63) is 79.9 Å². The summed E-state index contributed by atoms with van der Waals surface area (Å²) in [6.07, 6.45) is -1.83. The number of rotatable bonds is 5. The number of non-ortho nitro benzene ring substituents is 1. The second-order valence-corrected chi connectivity index (χ2v) is 5.75.